The van der Waals surface area contributed by atoms with Crippen molar-refractivity contribution in [1.82, 2.24) is 0 Å². The highest BCUT2D eigenvalue weighted by atomic mass is 16.5. The van der Waals surface area contributed by atoms with E-state index >= 15 is 0 Å². The quantitative estimate of drug-likeness (QED) is 0.626. The molecule has 2 aromatic carbocycles. The number of methoxy groups -OCH3 is 2. The van der Waals surface area contributed by atoms with Gasteiger partial charge in [0.25, 0.3) is 0 Å². The van der Waals surface area contributed by atoms with Gasteiger partial charge in [-0.25, -0.2) is 0 Å². The van der Waals surface area contributed by atoms with Crippen LogP contribution in [0.3, 0.4) is 0 Å². The van der Waals surface area contributed by atoms with Gasteiger partial charge in [0.1, 0.15) is 11.5 Å². The van der Waals surface area contributed by atoms with Crippen LogP contribution in [0.25, 0.3) is 6.08 Å². The number of ether oxygens (including phenoxy) is 2. The fraction of sp³-hybridized carbons (Fsp3) is 0.250. The Morgan fingerprint density at radius 1 is 1.00 bits per heavy atom. The smallest absolute Gasteiger partial charge is 0.189 e. The molecule has 0 aliphatic heterocycles. The van der Waals surface area contributed by atoms with Crippen LogP contribution in [0.4, 0.5) is 0 Å². The third kappa shape index (κ3) is 3.14. The number of carbonyl (C=O) groups excluding carboxylic acids is 1. The van der Waals surface area contributed by atoms with Crippen LogP contribution in [-0.2, 0) is 6.42 Å². The average molecular weight is 308 g/mol. The molecule has 0 N–H and O–H groups in total. The van der Waals surface area contributed by atoms with E-state index < -0.39 is 0 Å². The number of carbonyl (C=O) groups is 1. The minimum Gasteiger partial charge on any atom is -0.497 e. The molecule has 2 aromatic rings. The number of aryl methyl sites for hydroxylation is 1. The summed E-state index contributed by atoms with van der Waals surface area (Å²) in [6.07, 6.45) is 4.65. The molecule has 1 aliphatic carbocycles. The predicted octanol–water partition coefficient (Wildman–Crippen LogP) is 4.31. The highest BCUT2D eigenvalue weighted by Gasteiger charge is 2.20. The van der Waals surface area contributed by atoms with Crippen molar-refractivity contribution in [1.29, 1.82) is 0 Å². The first-order valence-electron chi connectivity index (χ1n) is 7.78. The summed E-state index contributed by atoms with van der Waals surface area (Å²) in [5, 5.41) is 0. The second-order valence-electron chi connectivity index (χ2n) is 5.62. The average Bonchev–Trinajstić information content (AvgIpc) is 2.75. The Morgan fingerprint density at radius 3 is 2.61 bits per heavy atom. The van der Waals surface area contributed by atoms with Gasteiger partial charge in [-0.2, -0.15) is 0 Å². The fourth-order valence-corrected chi connectivity index (χ4v) is 2.98. The van der Waals surface area contributed by atoms with Gasteiger partial charge in [-0.15, -0.1) is 0 Å². The lowest BCUT2D eigenvalue weighted by atomic mass is 9.98. The van der Waals surface area contributed by atoms with Crippen LogP contribution < -0.4 is 9.47 Å². The zero-order valence-corrected chi connectivity index (χ0v) is 13.5. The van der Waals surface area contributed by atoms with Gasteiger partial charge in [0, 0.05) is 22.8 Å². The van der Waals surface area contributed by atoms with E-state index in [1.54, 1.807) is 14.2 Å². The van der Waals surface area contributed by atoms with E-state index in [2.05, 4.69) is 0 Å². The van der Waals surface area contributed by atoms with Crippen LogP contribution in [0.5, 0.6) is 11.5 Å². The van der Waals surface area contributed by atoms with Gasteiger partial charge in [-0.05, 0) is 43.0 Å². The SMILES string of the molecule is COc1ccc(/C=C2\CCCc3ccccc3C2=O)c(OC)c1. The molecule has 0 spiro atoms. The molecular formula is C20H20O3. The van der Waals surface area contributed by atoms with Gasteiger partial charge in [-0.3, -0.25) is 4.79 Å². The number of hydrogen-bond acceptors (Lipinski definition) is 3. The second-order valence-corrected chi connectivity index (χ2v) is 5.62. The molecule has 3 heteroatoms. The van der Waals surface area contributed by atoms with Gasteiger partial charge in [0.2, 0.25) is 0 Å². The van der Waals surface area contributed by atoms with Gasteiger partial charge in [0.15, 0.2) is 5.78 Å². The Bertz CT molecular complexity index is 759. The summed E-state index contributed by atoms with van der Waals surface area (Å²) >= 11 is 0. The Kier molecular flexibility index (Phi) is 4.47. The molecule has 0 amide bonds. The van der Waals surface area contributed by atoms with Crippen LogP contribution in [0.2, 0.25) is 0 Å². The standard InChI is InChI=1S/C20H20O3/c1-22-17-11-10-15(19(13-17)23-2)12-16-8-5-7-14-6-3-4-9-18(14)20(16)21/h3-4,6,9-13H,5,7-8H2,1-2H3/b16-12+. The van der Waals surface area contributed by atoms with Crippen LogP contribution in [0.15, 0.2) is 48.0 Å². The molecule has 0 radical (unpaired) electrons. The molecule has 3 nitrogen and oxygen atoms in total. The van der Waals surface area contributed by atoms with E-state index in [1.807, 2.05) is 48.5 Å². The maximum atomic E-state index is 12.8. The summed E-state index contributed by atoms with van der Waals surface area (Å²) in [4.78, 5) is 12.8. The largest absolute Gasteiger partial charge is 0.497 e. The van der Waals surface area contributed by atoms with Crippen molar-refractivity contribution in [2.75, 3.05) is 14.2 Å². The molecule has 23 heavy (non-hydrogen) atoms. The van der Waals surface area contributed by atoms with E-state index in [9.17, 15) is 4.79 Å². The third-order valence-corrected chi connectivity index (χ3v) is 4.22. The molecule has 3 rings (SSSR count). The first-order valence-corrected chi connectivity index (χ1v) is 7.78. The summed E-state index contributed by atoms with van der Waals surface area (Å²) in [6.45, 7) is 0. The highest BCUT2D eigenvalue weighted by Crippen LogP contribution is 2.30. The lowest BCUT2D eigenvalue weighted by Crippen LogP contribution is -2.03. The normalized spacial score (nSPS) is 15.9. The Balaban J connectivity index is 2.01. The monoisotopic (exact) mass is 308 g/mol. The minimum absolute atomic E-state index is 0.121. The van der Waals surface area contributed by atoms with Crippen molar-refractivity contribution in [3.63, 3.8) is 0 Å². The number of benzene rings is 2. The van der Waals surface area contributed by atoms with Crippen LogP contribution >= 0.6 is 0 Å². The number of Topliss-reactive ketones (excluding diaryl/α,β-unsaturated/α-hetero) is 1. The first-order chi connectivity index (χ1) is 11.2. The number of rotatable bonds is 3. The highest BCUT2D eigenvalue weighted by molar-refractivity contribution is 6.12. The molecule has 0 atom stereocenters. The molecule has 118 valence electrons. The van der Waals surface area contributed by atoms with Crippen molar-refractivity contribution in [3.8, 4) is 11.5 Å². The molecule has 1 aliphatic rings. The topological polar surface area (TPSA) is 35.5 Å². The fourth-order valence-electron chi connectivity index (χ4n) is 2.98. The van der Waals surface area contributed by atoms with Crippen molar-refractivity contribution in [3.05, 3.63) is 64.7 Å². The maximum Gasteiger partial charge on any atom is 0.189 e. The minimum atomic E-state index is 0.121. The van der Waals surface area contributed by atoms with Gasteiger partial charge < -0.3 is 9.47 Å². The van der Waals surface area contributed by atoms with Crippen LogP contribution in [0.1, 0.15) is 34.3 Å². The van der Waals surface area contributed by atoms with E-state index in [-0.39, 0.29) is 5.78 Å². The Morgan fingerprint density at radius 2 is 1.83 bits per heavy atom. The predicted molar refractivity (Wildman–Crippen MR) is 91.2 cm³/mol. The third-order valence-electron chi connectivity index (χ3n) is 4.22. The number of ketones is 1. The molecule has 0 unspecified atom stereocenters. The van der Waals surface area contributed by atoms with Crippen LogP contribution in [0, 0.1) is 0 Å². The molecule has 0 saturated carbocycles. The lowest BCUT2D eigenvalue weighted by Gasteiger charge is -2.09. The zero-order chi connectivity index (χ0) is 16.2. The zero-order valence-electron chi connectivity index (χ0n) is 13.5. The number of hydrogen-bond donors (Lipinski definition) is 0. The van der Waals surface area contributed by atoms with Crippen molar-refractivity contribution >= 4 is 11.9 Å². The number of allylic oxidation sites excluding steroid dienone is 1. The molecule has 0 heterocycles. The first kappa shape index (κ1) is 15.3. The summed E-state index contributed by atoms with van der Waals surface area (Å²) in [5.74, 6) is 1.57. The van der Waals surface area contributed by atoms with Gasteiger partial charge in [0.05, 0.1) is 14.2 Å². The van der Waals surface area contributed by atoms with E-state index in [0.29, 0.717) is 5.75 Å². The Labute approximate surface area is 136 Å². The van der Waals surface area contributed by atoms with Gasteiger partial charge in [-0.1, -0.05) is 24.3 Å². The molecule has 0 saturated heterocycles. The summed E-state index contributed by atoms with van der Waals surface area (Å²) < 4.78 is 10.7. The molecule has 0 aromatic heterocycles. The van der Waals surface area contributed by atoms with Crippen LogP contribution in [-0.4, -0.2) is 20.0 Å². The van der Waals surface area contributed by atoms with E-state index in [0.717, 1.165) is 47.3 Å². The molecule has 0 fully saturated rings. The van der Waals surface area contributed by atoms with Crippen molar-refractivity contribution in [2.45, 2.75) is 19.3 Å². The van der Waals surface area contributed by atoms with E-state index in [4.69, 9.17) is 9.47 Å². The van der Waals surface area contributed by atoms with Crippen molar-refractivity contribution < 1.29 is 14.3 Å². The lowest BCUT2D eigenvalue weighted by molar-refractivity contribution is 0.103. The van der Waals surface area contributed by atoms with Gasteiger partial charge >= 0.3 is 0 Å². The summed E-state index contributed by atoms with van der Waals surface area (Å²) in [7, 11) is 3.25. The second kappa shape index (κ2) is 6.69. The summed E-state index contributed by atoms with van der Waals surface area (Å²) in [6, 6.07) is 13.5. The summed E-state index contributed by atoms with van der Waals surface area (Å²) in [5.41, 5.74) is 3.70. The molecule has 0 bridgehead atoms. The Hall–Kier alpha value is -2.55. The number of fused-ring (bicyclic) bond motifs is 1. The maximum absolute atomic E-state index is 12.8. The van der Waals surface area contributed by atoms with Crippen molar-refractivity contribution in [2.24, 2.45) is 0 Å². The molecular weight excluding hydrogens is 288 g/mol. The van der Waals surface area contributed by atoms with E-state index in [1.165, 1.54) is 0 Å².